The van der Waals surface area contributed by atoms with E-state index in [2.05, 4.69) is 41.5 Å². The van der Waals surface area contributed by atoms with Crippen LogP contribution in [0.15, 0.2) is 11.6 Å². The minimum atomic E-state index is -0.814. The van der Waals surface area contributed by atoms with E-state index in [1.165, 1.54) is 0 Å². The highest BCUT2D eigenvalue weighted by Gasteiger charge is 2.38. The zero-order valence-corrected chi connectivity index (χ0v) is 11.7. The van der Waals surface area contributed by atoms with Gasteiger partial charge in [-0.1, -0.05) is 47.6 Å². The summed E-state index contributed by atoms with van der Waals surface area (Å²) in [4.78, 5) is 11.0. The van der Waals surface area contributed by atoms with E-state index in [9.17, 15) is 4.79 Å². The lowest BCUT2D eigenvalue weighted by Gasteiger charge is -2.43. The molecule has 0 aromatic rings. The molecule has 0 atom stereocenters. The summed E-state index contributed by atoms with van der Waals surface area (Å²) >= 11 is 0. The summed E-state index contributed by atoms with van der Waals surface area (Å²) in [5.74, 6) is 0.483. The monoisotopic (exact) mass is 226 g/mol. The Labute approximate surface area is 99.7 Å². The second kappa shape index (κ2) is 5.51. The fourth-order valence-electron chi connectivity index (χ4n) is 2.94. The summed E-state index contributed by atoms with van der Waals surface area (Å²) < 4.78 is 0. The minimum Gasteiger partial charge on any atom is -0.478 e. The van der Waals surface area contributed by atoms with Crippen molar-refractivity contribution < 1.29 is 9.90 Å². The molecule has 0 radical (unpaired) electrons. The highest BCUT2D eigenvalue weighted by Crippen LogP contribution is 2.44. The van der Waals surface area contributed by atoms with Crippen molar-refractivity contribution in [3.8, 4) is 0 Å². The Balaban J connectivity index is 5.55. The van der Waals surface area contributed by atoms with E-state index < -0.39 is 5.97 Å². The molecule has 0 bridgehead atoms. The van der Waals surface area contributed by atoms with Crippen molar-refractivity contribution in [3.63, 3.8) is 0 Å². The summed E-state index contributed by atoms with van der Waals surface area (Å²) in [5.41, 5.74) is 0.416. The average Bonchev–Trinajstić information content (AvgIpc) is 2.11. The molecule has 0 aromatic heterocycles. The zero-order chi connectivity index (χ0) is 13.1. The first-order chi connectivity index (χ1) is 7.16. The van der Waals surface area contributed by atoms with Gasteiger partial charge in [0.2, 0.25) is 0 Å². The zero-order valence-electron chi connectivity index (χ0n) is 11.7. The van der Waals surface area contributed by atoms with Crippen molar-refractivity contribution in [1.82, 2.24) is 0 Å². The van der Waals surface area contributed by atoms with Crippen LogP contribution in [0.5, 0.6) is 0 Å². The van der Waals surface area contributed by atoms with Crippen LogP contribution >= 0.6 is 0 Å². The molecule has 0 rings (SSSR count). The van der Waals surface area contributed by atoms with Gasteiger partial charge in [-0.15, -0.1) is 0 Å². The molecule has 0 spiro atoms. The molecule has 0 unspecified atom stereocenters. The molecule has 0 saturated heterocycles. The first kappa shape index (κ1) is 15.2. The maximum Gasteiger partial charge on any atom is 0.330 e. The lowest BCUT2D eigenvalue weighted by molar-refractivity contribution is -0.132. The van der Waals surface area contributed by atoms with Crippen LogP contribution in [-0.4, -0.2) is 11.1 Å². The molecule has 1 N–H and O–H groups in total. The van der Waals surface area contributed by atoms with Crippen molar-refractivity contribution >= 4 is 5.97 Å². The predicted octanol–water partition coefficient (Wildman–Crippen LogP) is 3.97. The van der Waals surface area contributed by atoms with E-state index in [4.69, 9.17) is 5.11 Å². The van der Waals surface area contributed by atoms with Crippen LogP contribution in [-0.2, 0) is 4.79 Å². The molecule has 0 saturated carbocycles. The fraction of sp³-hybridized carbons (Fsp3) is 0.786. The molecular weight excluding hydrogens is 200 g/mol. The Morgan fingerprint density at radius 3 is 1.50 bits per heavy atom. The molecule has 0 aliphatic rings. The normalized spacial score (nSPS) is 14.0. The number of aliphatic carboxylic acids is 1. The van der Waals surface area contributed by atoms with Crippen molar-refractivity contribution in [2.24, 2.45) is 23.2 Å². The number of allylic oxidation sites excluding steroid dienone is 1. The SMILES string of the molecule is CC(=CC(C(C)C)(C(C)C)C(C)C)C(=O)O. The molecule has 16 heavy (non-hydrogen) atoms. The maximum atomic E-state index is 11.0. The lowest BCUT2D eigenvalue weighted by Crippen LogP contribution is -2.37. The fourth-order valence-corrected chi connectivity index (χ4v) is 2.94. The molecule has 0 amide bonds. The Morgan fingerprint density at radius 1 is 1.00 bits per heavy atom. The Morgan fingerprint density at radius 2 is 1.31 bits per heavy atom. The summed E-state index contributed by atoms with van der Waals surface area (Å²) in [5, 5.41) is 9.02. The predicted molar refractivity (Wildman–Crippen MR) is 68.3 cm³/mol. The third-order valence-electron chi connectivity index (χ3n) is 3.80. The van der Waals surface area contributed by atoms with Gasteiger partial charge in [0.05, 0.1) is 0 Å². The molecule has 0 aromatic carbocycles. The standard InChI is InChI=1S/C14H26O2/c1-9(2)14(10(3)4,11(5)6)8-12(7)13(15)16/h8-11H,1-7H3,(H,15,16). The summed E-state index contributed by atoms with van der Waals surface area (Å²) in [7, 11) is 0. The molecule has 2 nitrogen and oxygen atoms in total. The molecular formula is C14H26O2. The van der Waals surface area contributed by atoms with Crippen molar-refractivity contribution in [2.75, 3.05) is 0 Å². The van der Waals surface area contributed by atoms with Gasteiger partial charge in [0.1, 0.15) is 0 Å². The van der Waals surface area contributed by atoms with Crippen molar-refractivity contribution in [3.05, 3.63) is 11.6 Å². The number of carboxylic acid groups (broad SMARTS) is 1. The topological polar surface area (TPSA) is 37.3 Å². The first-order valence-electron chi connectivity index (χ1n) is 6.09. The van der Waals surface area contributed by atoms with Crippen LogP contribution in [0.2, 0.25) is 0 Å². The van der Waals surface area contributed by atoms with Crippen LogP contribution in [0.4, 0.5) is 0 Å². The third kappa shape index (κ3) is 2.87. The Hall–Kier alpha value is -0.790. The van der Waals surface area contributed by atoms with Gasteiger partial charge in [0, 0.05) is 5.57 Å². The van der Waals surface area contributed by atoms with E-state index >= 15 is 0 Å². The smallest absolute Gasteiger partial charge is 0.330 e. The second-order valence-corrected chi connectivity index (χ2v) is 5.60. The minimum absolute atomic E-state index is 0.0392. The van der Waals surface area contributed by atoms with Gasteiger partial charge in [-0.25, -0.2) is 4.79 Å². The maximum absolute atomic E-state index is 11.0. The number of hydrogen-bond acceptors (Lipinski definition) is 1. The summed E-state index contributed by atoms with van der Waals surface area (Å²) in [6.07, 6.45) is 1.97. The quantitative estimate of drug-likeness (QED) is 0.720. The van der Waals surface area contributed by atoms with Crippen LogP contribution in [0.1, 0.15) is 48.5 Å². The van der Waals surface area contributed by atoms with Crippen LogP contribution in [0.3, 0.4) is 0 Å². The van der Waals surface area contributed by atoms with E-state index in [-0.39, 0.29) is 5.41 Å². The number of carboxylic acids is 1. The molecule has 0 aliphatic heterocycles. The second-order valence-electron chi connectivity index (χ2n) is 5.60. The number of hydrogen-bond donors (Lipinski definition) is 1. The molecule has 0 fully saturated rings. The van der Waals surface area contributed by atoms with Crippen molar-refractivity contribution in [2.45, 2.75) is 48.5 Å². The van der Waals surface area contributed by atoms with Crippen LogP contribution in [0.25, 0.3) is 0 Å². The molecule has 94 valence electrons. The molecule has 0 heterocycles. The number of carbonyl (C=O) groups is 1. The van der Waals surface area contributed by atoms with Crippen molar-refractivity contribution in [1.29, 1.82) is 0 Å². The summed E-state index contributed by atoms with van der Waals surface area (Å²) in [6.45, 7) is 14.7. The third-order valence-corrected chi connectivity index (χ3v) is 3.80. The van der Waals surface area contributed by atoms with E-state index in [0.29, 0.717) is 23.3 Å². The summed E-state index contributed by atoms with van der Waals surface area (Å²) in [6, 6.07) is 0. The van der Waals surface area contributed by atoms with E-state index in [1.54, 1.807) is 6.92 Å². The molecule has 2 heteroatoms. The van der Waals surface area contributed by atoms with E-state index in [1.807, 2.05) is 6.08 Å². The largest absolute Gasteiger partial charge is 0.478 e. The number of rotatable bonds is 5. The van der Waals surface area contributed by atoms with E-state index in [0.717, 1.165) is 0 Å². The highest BCUT2D eigenvalue weighted by molar-refractivity contribution is 5.85. The van der Waals surface area contributed by atoms with Crippen LogP contribution in [0, 0.1) is 23.2 Å². The van der Waals surface area contributed by atoms with Gasteiger partial charge in [0.25, 0.3) is 0 Å². The van der Waals surface area contributed by atoms with Gasteiger partial charge >= 0.3 is 5.97 Å². The van der Waals surface area contributed by atoms with Gasteiger partial charge < -0.3 is 5.11 Å². The van der Waals surface area contributed by atoms with Gasteiger partial charge in [0.15, 0.2) is 0 Å². The Kier molecular flexibility index (Phi) is 5.24. The molecule has 0 aliphatic carbocycles. The highest BCUT2D eigenvalue weighted by atomic mass is 16.4. The Bertz CT molecular complexity index is 251. The van der Waals surface area contributed by atoms with Crippen LogP contribution < -0.4 is 0 Å². The van der Waals surface area contributed by atoms with Gasteiger partial charge in [-0.3, -0.25) is 0 Å². The van der Waals surface area contributed by atoms with Gasteiger partial charge in [-0.2, -0.15) is 0 Å². The van der Waals surface area contributed by atoms with Gasteiger partial charge in [-0.05, 0) is 30.1 Å². The first-order valence-corrected chi connectivity index (χ1v) is 6.09. The average molecular weight is 226 g/mol. The lowest BCUT2D eigenvalue weighted by atomic mass is 9.61.